The zero-order valence-corrected chi connectivity index (χ0v) is 89.3. The van der Waals surface area contributed by atoms with Crippen molar-refractivity contribution in [3.8, 4) is 0 Å². The highest BCUT2D eigenvalue weighted by atomic mass is 16.6. The lowest BCUT2D eigenvalue weighted by Gasteiger charge is -2.37. The molecule has 0 aliphatic heterocycles. The molecule has 6 aromatic rings. The number of ether oxygens (including phenoxy) is 12. The normalized spacial score (nSPS) is 10.6. The summed E-state index contributed by atoms with van der Waals surface area (Å²) in [6.07, 6.45) is 5.96. The van der Waals surface area contributed by atoms with Crippen molar-refractivity contribution in [1.82, 2.24) is 0 Å². The largest absolute Gasteiger partial charge is 0.469 e. The number of hydrogen-bond donors (Lipinski definition) is 0. The number of esters is 12. The molecule has 0 saturated heterocycles. The molecule has 0 saturated carbocycles. The minimum absolute atomic E-state index is 0.211. The van der Waals surface area contributed by atoms with Gasteiger partial charge in [0.1, 0.15) is 78.9 Å². The number of rotatable bonds is 41. The van der Waals surface area contributed by atoms with Crippen LogP contribution in [0.3, 0.4) is 0 Å². The van der Waals surface area contributed by atoms with E-state index in [9.17, 15) is 57.5 Å². The Kier molecular flexibility index (Phi) is 84.8. The van der Waals surface area contributed by atoms with Gasteiger partial charge in [-0.15, -0.1) is 0 Å². The van der Waals surface area contributed by atoms with Crippen molar-refractivity contribution >= 4 is 71.6 Å². The van der Waals surface area contributed by atoms with Crippen LogP contribution >= 0.6 is 0 Å². The maximum absolute atomic E-state index is 12.0. The van der Waals surface area contributed by atoms with Crippen molar-refractivity contribution in [3.05, 3.63) is 215 Å². The minimum Gasteiger partial charge on any atom is -0.469 e. The van der Waals surface area contributed by atoms with Crippen molar-refractivity contribution in [1.29, 1.82) is 0 Å². The van der Waals surface area contributed by atoms with Crippen LogP contribution in [0.15, 0.2) is 182 Å². The topological polar surface area (TPSA) is 316 Å². The second-order valence-electron chi connectivity index (χ2n) is 33.3. The van der Waals surface area contributed by atoms with Gasteiger partial charge in [0.15, 0.2) is 0 Å². The fourth-order valence-corrected chi connectivity index (χ4v) is 11.9. The van der Waals surface area contributed by atoms with E-state index in [1.165, 1.54) is 129 Å². The molecule has 0 radical (unpaired) electrons. The summed E-state index contributed by atoms with van der Waals surface area (Å²) >= 11 is 0. The summed E-state index contributed by atoms with van der Waals surface area (Å²) in [7, 11) is 20.5. The van der Waals surface area contributed by atoms with E-state index < -0.39 is 0 Å². The molecule has 0 amide bonds. The average molecular weight is 1930 g/mol. The van der Waals surface area contributed by atoms with E-state index in [1.807, 2.05) is 109 Å². The zero-order chi connectivity index (χ0) is 106. The van der Waals surface area contributed by atoms with E-state index in [2.05, 4.69) is 154 Å². The molecule has 0 bridgehead atoms. The standard InChI is InChI=1S/C18H30NO2.C17H28NO2.2C15H24NO2.2C12H18NO2.6C3H6O2/c1-4-7-14-19(6-3,13-5-2)15-16-21-18(20)17-11-9-8-10-12-17;1-4-12-18(6-3,13-5-2)14-15-20-17(19)16-10-8-7-9-11-16;2*1-4-16(5-2,6-3)12-13-18-15(17)14-10-8-7-9-11-14;2*1-13(2,3)9-10-15-12(14)11-7-5-4-6-8-11;6*1-3(4)5-2/h8-12H,4-7,13-16H2,1-3H3;7-11H,4-6,12-15H2,1-3H3;2*7-11H,4-6,12-13H2,1-3H3;2*4-8H,9-10H2,1-3H3;6*1-2H3/q6*+1;;;;;;. The molecule has 0 spiro atoms. The number of carbonyl (C=O) groups excluding carboxylic acids is 12. The van der Waals surface area contributed by atoms with Gasteiger partial charge in [-0.1, -0.05) is 143 Å². The Hall–Kier alpha value is -11.3. The zero-order valence-electron chi connectivity index (χ0n) is 89.3. The van der Waals surface area contributed by atoms with Crippen LogP contribution in [0.2, 0.25) is 0 Å². The average Bonchev–Trinajstić information content (AvgIpc) is 0.865. The van der Waals surface area contributed by atoms with Crippen LogP contribution in [0.4, 0.5) is 0 Å². The van der Waals surface area contributed by atoms with Crippen LogP contribution < -0.4 is 0 Å². The van der Waals surface area contributed by atoms with Crippen LogP contribution in [-0.4, -0.2) is 341 Å². The predicted octanol–water partition coefficient (Wildman–Crippen LogP) is 17.0. The van der Waals surface area contributed by atoms with Crippen molar-refractivity contribution in [2.45, 2.75) is 157 Å². The molecule has 0 fully saturated rings. The molecule has 0 N–H and O–H groups in total. The van der Waals surface area contributed by atoms with Crippen molar-refractivity contribution in [3.63, 3.8) is 0 Å². The van der Waals surface area contributed by atoms with E-state index in [4.69, 9.17) is 28.4 Å². The van der Waals surface area contributed by atoms with Gasteiger partial charge in [0, 0.05) is 41.5 Å². The van der Waals surface area contributed by atoms with E-state index in [1.54, 1.807) is 72.8 Å². The van der Waals surface area contributed by atoms with Crippen LogP contribution in [0.5, 0.6) is 0 Å². The van der Waals surface area contributed by atoms with Gasteiger partial charge in [0.05, 0.1) is 197 Å². The van der Waals surface area contributed by atoms with Gasteiger partial charge in [-0.3, -0.25) is 28.8 Å². The number of likely N-dealkylation sites (N-methyl/N-ethyl adjacent to an activating group) is 6. The summed E-state index contributed by atoms with van der Waals surface area (Å²) in [6.45, 7) is 56.1. The molecule has 0 aliphatic rings. The third-order valence-electron chi connectivity index (χ3n) is 21.4. The van der Waals surface area contributed by atoms with E-state index in [0.29, 0.717) is 73.0 Å². The fraction of sp³-hybridized carbons (Fsp3) is 0.551. The lowest BCUT2D eigenvalue weighted by molar-refractivity contribution is -0.926. The molecule has 0 aromatic heterocycles. The number of carbonyl (C=O) groups is 12. The molecule has 1 atom stereocenters. The maximum Gasteiger partial charge on any atom is 0.338 e. The van der Waals surface area contributed by atoms with Crippen molar-refractivity contribution < 1.29 is 141 Å². The van der Waals surface area contributed by atoms with Gasteiger partial charge in [-0.05, 0) is 154 Å². The summed E-state index contributed by atoms with van der Waals surface area (Å²) in [5.74, 6) is -2.84. The highest BCUT2D eigenvalue weighted by Gasteiger charge is 2.27. The Balaban J connectivity index is -0.000000354. The molecule has 30 nitrogen and oxygen atoms in total. The second kappa shape index (κ2) is 85.2. The highest BCUT2D eigenvalue weighted by Crippen LogP contribution is 2.16. The summed E-state index contributed by atoms with van der Waals surface area (Å²) in [6, 6.07) is 54.8. The molecule has 1 unspecified atom stereocenters. The molecule has 774 valence electrons. The van der Waals surface area contributed by atoms with Gasteiger partial charge < -0.3 is 83.7 Å². The lowest BCUT2D eigenvalue weighted by Crippen LogP contribution is -2.51. The van der Waals surface area contributed by atoms with Gasteiger partial charge in [0.2, 0.25) is 0 Å². The molecular weight excluding hydrogens is 1750 g/mol. The Bertz CT molecular complexity index is 3800. The Morgan fingerprint density at radius 1 is 0.197 bits per heavy atom. The summed E-state index contributed by atoms with van der Waals surface area (Å²) in [5.41, 5.74) is 3.74. The first-order chi connectivity index (χ1) is 64.8. The first kappa shape index (κ1) is 136. The molecular formula is C107H178N6O24+6. The van der Waals surface area contributed by atoms with Gasteiger partial charge in [-0.2, -0.15) is 0 Å². The minimum atomic E-state index is -0.246. The number of unbranched alkanes of at least 4 members (excludes halogenated alkanes) is 1. The number of quaternary nitrogens is 6. The summed E-state index contributed by atoms with van der Waals surface area (Å²) < 4.78 is 62.2. The van der Waals surface area contributed by atoms with Crippen LogP contribution in [0.1, 0.15) is 219 Å². The number of benzene rings is 6. The third kappa shape index (κ3) is 77.5. The maximum atomic E-state index is 12.0. The van der Waals surface area contributed by atoms with Crippen molar-refractivity contribution in [2.24, 2.45) is 0 Å². The molecule has 30 heteroatoms. The fourth-order valence-electron chi connectivity index (χ4n) is 11.9. The van der Waals surface area contributed by atoms with Gasteiger partial charge in [-0.25, -0.2) is 28.8 Å². The second-order valence-corrected chi connectivity index (χ2v) is 33.3. The summed E-state index contributed by atoms with van der Waals surface area (Å²) in [5, 5.41) is 0. The smallest absolute Gasteiger partial charge is 0.338 e. The number of hydrogen-bond acceptors (Lipinski definition) is 24. The van der Waals surface area contributed by atoms with Crippen LogP contribution in [0, 0.1) is 0 Å². The Morgan fingerprint density at radius 2 is 0.336 bits per heavy atom. The number of methoxy groups -OCH3 is 6. The molecule has 6 rings (SSSR count). The predicted molar refractivity (Wildman–Crippen MR) is 542 cm³/mol. The Morgan fingerprint density at radius 3 is 0.460 bits per heavy atom. The molecule has 137 heavy (non-hydrogen) atoms. The molecule has 6 aromatic carbocycles. The molecule has 0 heterocycles. The van der Waals surface area contributed by atoms with Crippen molar-refractivity contribution in [2.75, 3.05) is 242 Å². The van der Waals surface area contributed by atoms with Crippen LogP contribution in [0.25, 0.3) is 0 Å². The number of nitrogens with zero attached hydrogens (tertiary/aromatic N) is 6. The van der Waals surface area contributed by atoms with Gasteiger partial charge >= 0.3 is 71.6 Å². The monoisotopic (exact) mass is 1930 g/mol. The lowest BCUT2D eigenvalue weighted by atomic mass is 10.2. The summed E-state index contributed by atoms with van der Waals surface area (Å²) in [4.78, 5) is 128. The van der Waals surface area contributed by atoms with E-state index in [0.717, 1.165) is 132 Å². The first-order valence-electron chi connectivity index (χ1n) is 47.4. The third-order valence-corrected chi connectivity index (χ3v) is 21.4. The van der Waals surface area contributed by atoms with Gasteiger partial charge in [0.25, 0.3) is 0 Å². The SMILES string of the molecule is CCCC[N+](CC)(CCC)CCOC(=O)c1ccccc1.CCC[N+](CC)(CCC)CCOC(=O)c1ccccc1.CC[N+](CC)(CC)CCOC(=O)c1ccccc1.CC[N+](CC)(CC)CCOC(=O)c1ccccc1.COC(C)=O.COC(C)=O.COC(C)=O.COC(C)=O.COC(C)=O.COC(C)=O.C[N+](C)(C)CCOC(=O)c1ccccc1.C[N+](C)(C)CCOC(=O)c1ccccc1. The first-order valence-corrected chi connectivity index (χ1v) is 47.4. The Labute approximate surface area is 823 Å². The van der Waals surface area contributed by atoms with E-state index >= 15 is 0 Å². The molecule has 0 aliphatic carbocycles. The quantitative estimate of drug-likeness (QED) is 0.0195. The highest BCUT2D eigenvalue weighted by molar-refractivity contribution is 5.91. The van der Waals surface area contributed by atoms with E-state index in [-0.39, 0.29) is 71.6 Å². The van der Waals surface area contributed by atoms with Crippen LogP contribution in [-0.2, 0) is 85.6 Å².